The number of nitrogens with zero attached hydrogens (tertiary/aromatic N) is 3. The lowest BCUT2D eigenvalue weighted by molar-refractivity contribution is 0.211. The normalized spacial score (nSPS) is 23.4. The van der Waals surface area contributed by atoms with Gasteiger partial charge in [-0.05, 0) is 12.1 Å². The van der Waals surface area contributed by atoms with E-state index in [0.29, 0.717) is 11.7 Å². The second-order valence-corrected chi connectivity index (χ2v) is 4.41. The number of pyridine rings is 1. The second-order valence-electron chi connectivity index (χ2n) is 4.41. The van der Waals surface area contributed by atoms with Gasteiger partial charge >= 0.3 is 0 Å². The number of aromatic nitrogens is 3. The van der Waals surface area contributed by atoms with Crippen molar-refractivity contribution in [2.24, 2.45) is 5.92 Å². The Hall–Kier alpha value is -1.79. The Morgan fingerprint density at radius 3 is 3.17 bits per heavy atom. The summed E-state index contributed by atoms with van der Waals surface area (Å²) in [4.78, 5) is 8.42. The summed E-state index contributed by atoms with van der Waals surface area (Å²) < 4.78 is 5.30. The van der Waals surface area contributed by atoms with E-state index in [1.165, 1.54) is 0 Å². The molecule has 6 nitrogen and oxygen atoms in total. The van der Waals surface area contributed by atoms with Gasteiger partial charge in [0, 0.05) is 43.6 Å². The second kappa shape index (κ2) is 4.83. The first kappa shape index (κ1) is 11.3. The number of aliphatic hydroxyl groups is 1. The highest BCUT2D eigenvalue weighted by Crippen LogP contribution is 2.27. The van der Waals surface area contributed by atoms with Crippen molar-refractivity contribution in [3.8, 4) is 11.4 Å². The zero-order valence-corrected chi connectivity index (χ0v) is 9.78. The molecule has 0 aliphatic carbocycles. The first-order valence-electron chi connectivity index (χ1n) is 5.94. The van der Waals surface area contributed by atoms with Crippen LogP contribution in [0.4, 0.5) is 0 Å². The summed E-state index contributed by atoms with van der Waals surface area (Å²) in [5.41, 5.74) is 0.832. The number of hydrogen-bond donors (Lipinski definition) is 2. The Kier molecular flexibility index (Phi) is 3.04. The lowest BCUT2D eigenvalue weighted by Gasteiger charge is -2.10. The summed E-state index contributed by atoms with van der Waals surface area (Å²) in [5, 5.41) is 16.5. The van der Waals surface area contributed by atoms with E-state index in [0.717, 1.165) is 18.7 Å². The van der Waals surface area contributed by atoms with Gasteiger partial charge in [0.1, 0.15) is 0 Å². The average Bonchev–Trinajstić information content (AvgIpc) is 3.08. The van der Waals surface area contributed by atoms with Crippen LogP contribution in [0.3, 0.4) is 0 Å². The van der Waals surface area contributed by atoms with Crippen LogP contribution in [0.25, 0.3) is 11.4 Å². The van der Waals surface area contributed by atoms with Crippen molar-refractivity contribution in [1.29, 1.82) is 0 Å². The smallest absolute Gasteiger partial charge is 0.231 e. The monoisotopic (exact) mass is 246 g/mol. The Balaban J connectivity index is 1.86. The summed E-state index contributed by atoms with van der Waals surface area (Å²) in [7, 11) is 0. The van der Waals surface area contributed by atoms with E-state index < -0.39 is 0 Å². The average molecular weight is 246 g/mol. The largest absolute Gasteiger partial charge is 0.396 e. The van der Waals surface area contributed by atoms with E-state index in [1.54, 1.807) is 12.4 Å². The molecule has 94 valence electrons. The number of nitrogens with one attached hydrogen (secondary N) is 1. The predicted octanol–water partition coefficient (Wildman–Crippen LogP) is 0.427. The van der Waals surface area contributed by atoms with Crippen molar-refractivity contribution < 1.29 is 9.63 Å². The molecular weight excluding hydrogens is 232 g/mol. The fourth-order valence-corrected chi connectivity index (χ4v) is 2.21. The van der Waals surface area contributed by atoms with Gasteiger partial charge in [-0.25, -0.2) is 0 Å². The molecule has 0 bridgehead atoms. The third-order valence-corrected chi connectivity index (χ3v) is 3.25. The Morgan fingerprint density at radius 2 is 2.39 bits per heavy atom. The van der Waals surface area contributed by atoms with Crippen LogP contribution < -0.4 is 5.32 Å². The third-order valence-electron chi connectivity index (χ3n) is 3.25. The molecule has 1 aliphatic heterocycles. The van der Waals surface area contributed by atoms with Crippen molar-refractivity contribution in [3.05, 3.63) is 30.4 Å². The molecule has 18 heavy (non-hydrogen) atoms. The fraction of sp³-hybridized carbons (Fsp3) is 0.417. The summed E-state index contributed by atoms with van der Waals surface area (Å²) >= 11 is 0. The minimum atomic E-state index is 0.0907. The molecule has 1 aliphatic rings. The Morgan fingerprint density at radius 1 is 1.44 bits per heavy atom. The SMILES string of the molecule is OC[C@@H]1CNC[C@H]1c1nc(-c2cccnc2)no1. The van der Waals surface area contributed by atoms with E-state index in [9.17, 15) is 5.11 Å². The first-order chi connectivity index (χ1) is 8.88. The van der Waals surface area contributed by atoms with Crippen molar-refractivity contribution in [1.82, 2.24) is 20.4 Å². The summed E-state index contributed by atoms with van der Waals surface area (Å²) in [6.07, 6.45) is 3.40. The fourth-order valence-electron chi connectivity index (χ4n) is 2.21. The number of rotatable bonds is 3. The molecule has 2 atom stereocenters. The predicted molar refractivity (Wildman–Crippen MR) is 63.7 cm³/mol. The van der Waals surface area contributed by atoms with Crippen LogP contribution in [0.15, 0.2) is 29.0 Å². The van der Waals surface area contributed by atoms with E-state index in [-0.39, 0.29) is 18.4 Å². The van der Waals surface area contributed by atoms with E-state index in [1.807, 2.05) is 12.1 Å². The van der Waals surface area contributed by atoms with Crippen LogP contribution in [-0.4, -0.2) is 39.9 Å². The van der Waals surface area contributed by atoms with Crippen LogP contribution in [0.2, 0.25) is 0 Å². The quantitative estimate of drug-likeness (QED) is 0.817. The van der Waals surface area contributed by atoms with Gasteiger partial charge in [0.25, 0.3) is 0 Å². The van der Waals surface area contributed by atoms with Crippen LogP contribution in [0.5, 0.6) is 0 Å². The van der Waals surface area contributed by atoms with E-state index >= 15 is 0 Å². The molecule has 3 heterocycles. The van der Waals surface area contributed by atoms with Gasteiger partial charge in [-0.3, -0.25) is 4.98 Å². The zero-order chi connectivity index (χ0) is 12.4. The van der Waals surface area contributed by atoms with Gasteiger partial charge in [0.15, 0.2) is 0 Å². The van der Waals surface area contributed by atoms with E-state index in [2.05, 4.69) is 20.4 Å². The van der Waals surface area contributed by atoms with Crippen LogP contribution in [0, 0.1) is 5.92 Å². The molecule has 0 radical (unpaired) electrons. The van der Waals surface area contributed by atoms with Crippen LogP contribution in [-0.2, 0) is 0 Å². The van der Waals surface area contributed by atoms with Crippen LogP contribution in [0.1, 0.15) is 11.8 Å². The van der Waals surface area contributed by atoms with Gasteiger partial charge in [-0.2, -0.15) is 4.98 Å². The van der Waals surface area contributed by atoms with Gasteiger partial charge in [0.2, 0.25) is 11.7 Å². The standard InChI is InChI=1S/C12H14N4O2/c17-7-9-5-14-6-10(9)12-15-11(16-18-12)8-2-1-3-13-4-8/h1-4,9-10,14,17H,5-7H2/t9-,10+/m0/s1. The molecule has 6 heteroatoms. The summed E-state index contributed by atoms with van der Waals surface area (Å²) in [6, 6.07) is 3.72. The molecule has 0 saturated carbocycles. The first-order valence-corrected chi connectivity index (χ1v) is 5.94. The topological polar surface area (TPSA) is 84.1 Å². The zero-order valence-electron chi connectivity index (χ0n) is 9.78. The maximum absolute atomic E-state index is 9.28. The van der Waals surface area contributed by atoms with E-state index in [4.69, 9.17) is 4.52 Å². The highest BCUT2D eigenvalue weighted by molar-refractivity contribution is 5.51. The highest BCUT2D eigenvalue weighted by atomic mass is 16.5. The van der Waals surface area contributed by atoms with Crippen molar-refractivity contribution in [2.45, 2.75) is 5.92 Å². The minimum Gasteiger partial charge on any atom is -0.396 e. The summed E-state index contributed by atoms with van der Waals surface area (Å²) in [5.74, 6) is 1.36. The van der Waals surface area contributed by atoms with Crippen molar-refractivity contribution >= 4 is 0 Å². The molecule has 2 aromatic heterocycles. The molecule has 0 amide bonds. The molecule has 1 saturated heterocycles. The van der Waals surface area contributed by atoms with Gasteiger partial charge in [-0.15, -0.1) is 0 Å². The molecule has 2 N–H and O–H groups in total. The lowest BCUT2D eigenvalue weighted by Crippen LogP contribution is -2.15. The molecule has 0 aromatic carbocycles. The molecule has 2 aromatic rings. The van der Waals surface area contributed by atoms with Gasteiger partial charge < -0.3 is 14.9 Å². The Bertz CT molecular complexity index is 514. The molecule has 1 fully saturated rings. The molecule has 0 spiro atoms. The Labute approximate surface area is 104 Å². The molecule has 0 unspecified atom stereocenters. The van der Waals surface area contributed by atoms with Crippen molar-refractivity contribution in [2.75, 3.05) is 19.7 Å². The lowest BCUT2D eigenvalue weighted by atomic mass is 9.97. The van der Waals surface area contributed by atoms with Crippen LogP contribution >= 0.6 is 0 Å². The molecule has 3 rings (SSSR count). The third kappa shape index (κ3) is 2.00. The van der Waals surface area contributed by atoms with Gasteiger partial charge in [-0.1, -0.05) is 5.16 Å². The summed E-state index contributed by atoms with van der Waals surface area (Å²) in [6.45, 7) is 1.67. The van der Waals surface area contributed by atoms with Crippen molar-refractivity contribution in [3.63, 3.8) is 0 Å². The maximum atomic E-state index is 9.28. The minimum absolute atomic E-state index is 0.0907. The highest BCUT2D eigenvalue weighted by Gasteiger charge is 2.32. The number of aliphatic hydroxyl groups excluding tert-OH is 1. The number of hydrogen-bond acceptors (Lipinski definition) is 6. The van der Waals surface area contributed by atoms with Gasteiger partial charge in [0.05, 0.1) is 5.92 Å². The molecular formula is C12H14N4O2. The maximum Gasteiger partial charge on any atom is 0.231 e.